The molecule has 0 amide bonds. The second kappa shape index (κ2) is 4.18. The van der Waals surface area contributed by atoms with Crippen LogP contribution < -0.4 is 0 Å². The molecule has 0 unspecified atom stereocenters. The number of rotatable bonds is 2. The molecule has 3 rings (SSSR count). The number of pyridine rings is 1. The van der Waals surface area contributed by atoms with E-state index >= 15 is 0 Å². The van der Waals surface area contributed by atoms with Gasteiger partial charge in [0.2, 0.25) is 0 Å². The molecule has 4 heteroatoms. The lowest BCUT2D eigenvalue weighted by Gasteiger charge is -2.01. The van der Waals surface area contributed by atoms with Gasteiger partial charge in [0.25, 0.3) is 0 Å². The minimum atomic E-state index is 0.648. The van der Waals surface area contributed by atoms with Crippen molar-refractivity contribution in [3.8, 4) is 0 Å². The summed E-state index contributed by atoms with van der Waals surface area (Å²) in [6, 6.07) is 7.99. The minimum absolute atomic E-state index is 0.648. The molecule has 3 aromatic rings. The van der Waals surface area contributed by atoms with E-state index in [9.17, 15) is 0 Å². The summed E-state index contributed by atoms with van der Waals surface area (Å²) in [5.41, 5.74) is 2.09. The molecule has 0 fully saturated rings. The fourth-order valence-corrected chi connectivity index (χ4v) is 1.96. The molecule has 0 spiro atoms. The van der Waals surface area contributed by atoms with Gasteiger partial charge in [0.05, 0.1) is 16.7 Å². The topological polar surface area (TPSA) is 38.9 Å². The fourth-order valence-electron chi connectivity index (χ4n) is 1.79. The van der Waals surface area contributed by atoms with Crippen LogP contribution in [-0.2, 0) is 6.42 Å². The van der Waals surface area contributed by atoms with Gasteiger partial charge in [-0.05, 0) is 23.8 Å². The Labute approximate surface area is 103 Å². The third-order valence-electron chi connectivity index (χ3n) is 2.57. The van der Waals surface area contributed by atoms with Crippen LogP contribution in [-0.4, -0.2) is 9.97 Å². The predicted molar refractivity (Wildman–Crippen MR) is 66.1 cm³/mol. The zero-order valence-electron chi connectivity index (χ0n) is 8.93. The maximum absolute atomic E-state index is 5.92. The first-order chi connectivity index (χ1) is 8.31. The number of hydrogen-bond acceptors (Lipinski definition) is 3. The van der Waals surface area contributed by atoms with E-state index in [1.54, 1.807) is 12.4 Å². The summed E-state index contributed by atoms with van der Waals surface area (Å²) >= 11 is 5.92. The van der Waals surface area contributed by atoms with Gasteiger partial charge in [-0.2, -0.15) is 0 Å². The molecule has 0 radical (unpaired) electrons. The van der Waals surface area contributed by atoms with Gasteiger partial charge in [-0.3, -0.25) is 4.98 Å². The van der Waals surface area contributed by atoms with Crippen LogP contribution in [0.2, 0.25) is 5.02 Å². The zero-order valence-corrected chi connectivity index (χ0v) is 9.69. The number of oxazole rings is 1. The van der Waals surface area contributed by atoms with E-state index in [4.69, 9.17) is 16.0 Å². The highest BCUT2D eigenvalue weighted by atomic mass is 35.5. The van der Waals surface area contributed by atoms with Crippen molar-refractivity contribution in [2.75, 3.05) is 0 Å². The van der Waals surface area contributed by atoms with E-state index in [0.29, 0.717) is 5.02 Å². The van der Waals surface area contributed by atoms with Crippen LogP contribution in [0.5, 0.6) is 0 Å². The summed E-state index contributed by atoms with van der Waals surface area (Å²) in [7, 11) is 0. The molecule has 2 heterocycles. The van der Waals surface area contributed by atoms with Gasteiger partial charge in [0, 0.05) is 18.0 Å². The lowest BCUT2D eigenvalue weighted by molar-refractivity contribution is 0.514. The van der Waals surface area contributed by atoms with Gasteiger partial charge >= 0.3 is 0 Å². The number of fused-ring (bicyclic) bond motifs is 1. The third kappa shape index (κ3) is 2.15. The fraction of sp³-hybridized carbons (Fsp3) is 0.0769. The molecule has 0 saturated heterocycles. The maximum atomic E-state index is 5.92. The number of halogens is 1. The Morgan fingerprint density at radius 2 is 2.12 bits per heavy atom. The van der Waals surface area contributed by atoms with Crippen LogP contribution in [0, 0.1) is 0 Å². The van der Waals surface area contributed by atoms with Crippen molar-refractivity contribution in [2.45, 2.75) is 6.42 Å². The largest absolute Gasteiger partial charge is 0.448 e. The van der Waals surface area contributed by atoms with Crippen molar-refractivity contribution >= 4 is 22.5 Å². The molecule has 0 bridgehead atoms. The second-order valence-corrected chi connectivity index (χ2v) is 4.26. The van der Waals surface area contributed by atoms with Gasteiger partial charge in [-0.15, -0.1) is 0 Å². The summed E-state index contributed by atoms with van der Waals surface area (Å²) in [6.45, 7) is 0. The second-order valence-electron chi connectivity index (χ2n) is 3.83. The molecule has 17 heavy (non-hydrogen) atoms. The van der Waals surface area contributed by atoms with Crippen LogP contribution >= 0.6 is 11.6 Å². The molecular weight excluding hydrogens is 236 g/mol. The SMILES string of the molecule is Clc1cnc2ccc(Cc3cnco3)cc2c1. The van der Waals surface area contributed by atoms with E-state index < -0.39 is 0 Å². The third-order valence-corrected chi connectivity index (χ3v) is 2.78. The Morgan fingerprint density at radius 1 is 1.18 bits per heavy atom. The molecule has 0 saturated carbocycles. The standard InChI is InChI=1S/C13H9ClN2O/c14-11-5-10-3-9(1-2-13(10)16-6-11)4-12-7-15-8-17-12/h1-3,5-8H,4H2. The molecule has 1 aromatic carbocycles. The molecular formula is C13H9ClN2O. The Bertz CT molecular complexity index is 650. The molecule has 84 valence electrons. The van der Waals surface area contributed by atoms with Crippen molar-refractivity contribution in [1.29, 1.82) is 0 Å². The van der Waals surface area contributed by atoms with E-state index in [1.807, 2.05) is 18.2 Å². The molecule has 0 atom stereocenters. The summed E-state index contributed by atoms with van der Waals surface area (Å²) in [5.74, 6) is 0.847. The van der Waals surface area contributed by atoms with Crippen LogP contribution in [0.25, 0.3) is 10.9 Å². The number of benzene rings is 1. The van der Waals surface area contributed by atoms with Crippen LogP contribution in [0.3, 0.4) is 0 Å². The molecule has 0 aliphatic rings. The summed E-state index contributed by atoms with van der Waals surface area (Å²) < 4.78 is 5.22. The van der Waals surface area contributed by atoms with Crippen LogP contribution in [0.4, 0.5) is 0 Å². The average molecular weight is 245 g/mol. The summed E-state index contributed by atoms with van der Waals surface area (Å²) in [4.78, 5) is 8.15. The van der Waals surface area contributed by atoms with Crippen molar-refractivity contribution in [1.82, 2.24) is 9.97 Å². The van der Waals surface area contributed by atoms with Crippen LogP contribution in [0.15, 0.2) is 47.5 Å². The average Bonchev–Trinajstić information content (AvgIpc) is 2.81. The Balaban J connectivity index is 2.01. The van der Waals surface area contributed by atoms with Crippen molar-refractivity contribution in [2.24, 2.45) is 0 Å². The first-order valence-corrected chi connectivity index (χ1v) is 5.60. The van der Waals surface area contributed by atoms with Gasteiger partial charge in [0.15, 0.2) is 6.39 Å². The molecule has 0 aliphatic carbocycles. The highest BCUT2D eigenvalue weighted by Crippen LogP contribution is 2.19. The highest BCUT2D eigenvalue weighted by molar-refractivity contribution is 6.31. The lowest BCUT2D eigenvalue weighted by Crippen LogP contribution is -1.87. The molecule has 2 aromatic heterocycles. The Morgan fingerprint density at radius 3 is 2.94 bits per heavy atom. The summed E-state index contributed by atoms with van der Waals surface area (Å²) in [6.07, 6.45) is 5.54. The molecule has 0 N–H and O–H groups in total. The zero-order chi connectivity index (χ0) is 11.7. The number of aromatic nitrogens is 2. The Kier molecular flexibility index (Phi) is 2.53. The maximum Gasteiger partial charge on any atom is 0.180 e. The van der Waals surface area contributed by atoms with Gasteiger partial charge in [-0.25, -0.2) is 4.98 Å². The van der Waals surface area contributed by atoms with Gasteiger partial charge in [-0.1, -0.05) is 17.7 Å². The highest BCUT2D eigenvalue weighted by Gasteiger charge is 2.02. The summed E-state index contributed by atoms with van der Waals surface area (Å²) in [5, 5.41) is 1.68. The number of nitrogens with zero attached hydrogens (tertiary/aromatic N) is 2. The monoisotopic (exact) mass is 244 g/mol. The molecule has 0 aliphatic heterocycles. The normalized spacial score (nSPS) is 10.9. The van der Waals surface area contributed by atoms with E-state index in [0.717, 1.165) is 28.6 Å². The van der Waals surface area contributed by atoms with Crippen molar-refractivity contribution in [3.63, 3.8) is 0 Å². The predicted octanol–water partition coefficient (Wildman–Crippen LogP) is 3.47. The van der Waals surface area contributed by atoms with Crippen LogP contribution in [0.1, 0.15) is 11.3 Å². The minimum Gasteiger partial charge on any atom is -0.448 e. The van der Waals surface area contributed by atoms with E-state index in [1.165, 1.54) is 6.39 Å². The van der Waals surface area contributed by atoms with Gasteiger partial charge < -0.3 is 4.42 Å². The van der Waals surface area contributed by atoms with E-state index in [-0.39, 0.29) is 0 Å². The Hall–Kier alpha value is -1.87. The smallest absolute Gasteiger partial charge is 0.180 e. The van der Waals surface area contributed by atoms with Crippen molar-refractivity contribution < 1.29 is 4.42 Å². The van der Waals surface area contributed by atoms with E-state index in [2.05, 4.69) is 16.0 Å². The first-order valence-electron chi connectivity index (χ1n) is 5.23. The molecule has 3 nitrogen and oxygen atoms in total. The quantitative estimate of drug-likeness (QED) is 0.693. The first kappa shape index (κ1) is 10.3. The number of hydrogen-bond donors (Lipinski definition) is 0. The lowest BCUT2D eigenvalue weighted by atomic mass is 10.1. The van der Waals surface area contributed by atoms with Crippen molar-refractivity contribution in [3.05, 3.63) is 59.4 Å². The van der Waals surface area contributed by atoms with Gasteiger partial charge in [0.1, 0.15) is 5.76 Å².